The van der Waals surface area contributed by atoms with E-state index in [0.717, 1.165) is 10.2 Å². The van der Waals surface area contributed by atoms with Crippen LogP contribution < -0.4 is 14.8 Å². The van der Waals surface area contributed by atoms with Crippen LogP contribution in [0.1, 0.15) is 29.1 Å². The van der Waals surface area contributed by atoms with E-state index < -0.39 is 6.04 Å². The second kappa shape index (κ2) is 8.17. The number of hydrogen-bond donors (Lipinski definition) is 1. The third kappa shape index (κ3) is 4.08. The van der Waals surface area contributed by atoms with Crippen molar-refractivity contribution in [3.05, 3.63) is 58.3 Å². The van der Waals surface area contributed by atoms with E-state index in [2.05, 4.69) is 36.8 Å². The molecule has 9 heteroatoms. The molecular formula is C18H18BrN5O3. The van der Waals surface area contributed by atoms with Crippen LogP contribution in [0.15, 0.2) is 46.9 Å². The Morgan fingerprint density at radius 1 is 1.15 bits per heavy atom. The first-order valence-corrected chi connectivity index (χ1v) is 8.90. The molecule has 0 spiro atoms. The van der Waals surface area contributed by atoms with Crippen molar-refractivity contribution in [2.75, 3.05) is 14.2 Å². The zero-order chi connectivity index (χ0) is 19.4. The number of benzene rings is 2. The van der Waals surface area contributed by atoms with Gasteiger partial charge in [-0.2, -0.15) is 4.68 Å². The number of rotatable bonds is 6. The topological polar surface area (TPSA) is 91.2 Å². The zero-order valence-electron chi connectivity index (χ0n) is 15.0. The average Bonchev–Trinajstić information content (AvgIpc) is 3.17. The van der Waals surface area contributed by atoms with E-state index in [9.17, 15) is 4.79 Å². The maximum atomic E-state index is 12.6. The fraction of sp³-hybridized carbons (Fsp3) is 0.222. The second-order valence-electron chi connectivity index (χ2n) is 5.69. The third-order valence-electron chi connectivity index (χ3n) is 3.93. The molecule has 0 aliphatic heterocycles. The molecule has 3 rings (SSSR count). The highest BCUT2D eigenvalue weighted by atomic mass is 79.9. The van der Waals surface area contributed by atoms with Crippen LogP contribution in [0.4, 0.5) is 0 Å². The summed E-state index contributed by atoms with van der Waals surface area (Å²) < 4.78 is 12.9. The Morgan fingerprint density at radius 2 is 1.93 bits per heavy atom. The van der Waals surface area contributed by atoms with Gasteiger partial charge < -0.3 is 14.8 Å². The van der Waals surface area contributed by atoms with E-state index in [1.54, 1.807) is 30.0 Å². The van der Waals surface area contributed by atoms with E-state index in [-0.39, 0.29) is 5.91 Å². The van der Waals surface area contributed by atoms with Crippen LogP contribution in [0.25, 0.3) is 5.69 Å². The number of carbonyl (C=O) groups is 1. The number of hydrogen-bond acceptors (Lipinski definition) is 6. The van der Waals surface area contributed by atoms with Gasteiger partial charge in [0.1, 0.15) is 0 Å². The number of aromatic nitrogens is 4. The van der Waals surface area contributed by atoms with Crippen LogP contribution in [0, 0.1) is 0 Å². The van der Waals surface area contributed by atoms with Crippen LogP contribution in [0.3, 0.4) is 0 Å². The Bertz CT molecular complexity index is 960. The summed E-state index contributed by atoms with van der Waals surface area (Å²) in [5, 5.41) is 14.7. The minimum absolute atomic E-state index is 0.271. The summed E-state index contributed by atoms with van der Waals surface area (Å²) in [6.45, 7) is 1.82. The molecule has 2 aromatic carbocycles. The lowest BCUT2D eigenvalue weighted by Crippen LogP contribution is -2.28. The molecule has 0 saturated carbocycles. The van der Waals surface area contributed by atoms with E-state index in [0.29, 0.717) is 22.9 Å². The molecule has 1 heterocycles. The van der Waals surface area contributed by atoms with Gasteiger partial charge in [0.2, 0.25) is 0 Å². The number of carbonyl (C=O) groups excluding carboxylic acids is 1. The summed E-state index contributed by atoms with van der Waals surface area (Å²) in [5.41, 5.74) is 1.23. The smallest absolute Gasteiger partial charge is 0.252 e. The average molecular weight is 432 g/mol. The summed E-state index contributed by atoms with van der Waals surface area (Å²) in [5.74, 6) is 1.28. The lowest BCUT2D eigenvalue weighted by atomic mass is 10.1. The van der Waals surface area contributed by atoms with Gasteiger partial charge in [-0.25, -0.2) is 0 Å². The molecule has 0 aliphatic rings. The molecule has 1 unspecified atom stereocenters. The van der Waals surface area contributed by atoms with Crippen molar-refractivity contribution in [1.82, 2.24) is 25.5 Å². The zero-order valence-corrected chi connectivity index (χ0v) is 16.6. The minimum Gasteiger partial charge on any atom is -0.493 e. The Balaban J connectivity index is 1.81. The maximum Gasteiger partial charge on any atom is 0.252 e. The van der Waals surface area contributed by atoms with Crippen molar-refractivity contribution in [3.8, 4) is 17.2 Å². The summed E-state index contributed by atoms with van der Waals surface area (Å²) in [4.78, 5) is 12.6. The number of ether oxygens (including phenoxy) is 2. The first-order chi connectivity index (χ1) is 13.0. The summed E-state index contributed by atoms with van der Waals surface area (Å²) in [6.07, 6.45) is 0. The lowest BCUT2D eigenvalue weighted by Gasteiger charge is -2.15. The van der Waals surface area contributed by atoms with Crippen molar-refractivity contribution in [1.29, 1.82) is 0 Å². The molecule has 8 nitrogen and oxygen atoms in total. The molecule has 1 N–H and O–H groups in total. The molecule has 0 bridgehead atoms. The monoisotopic (exact) mass is 431 g/mol. The van der Waals surface area contributed by atoms with E-state index in [4.69, 9.17) is 9.47 Å². The number of nitrogens with zero attached hydrogens (tertiary/aromatic N) is 4. The van der Waals surface area contributed by atoms with Crippen LogP contribution in [0.5, 0.6) is 11.5 Å². The van der Waals surface area contributed by atoms with E-state index >= 15 is 0 Å². The molecule has 0 saturated heterocycles. The van der Waals surface area contributed by atoms with Gasteiger partial charge in [-0.1, -0.05) is 22.0 Å². The van der Waals surface area contributed by atoms with Crippen LogP contribution in [0.2, 0.25) is 0 Å². The summed E-state index contributed by atoms with van der Waals surface area (Å²) in [7, 11) is 3.07. The molecule has 0 fully saturated rings. The fourth-order valence-electron chi connectivity index (χ4n) is 2.58. The molecular weight excluding hydrogens is 414 g/mol. The van der Waals surface area contributed by atoms with Gasteiger partial charge >= 0.3 is 0 Å². The maximum absolute atomic E-state index is 12.6. The van der Waals surface area contributed by atoms with Crippen molar-refractivity contribution < 1.29 is 14.3 Å². The molecule has 0 aliphatic carbocycles. The van der Waals surface area contributed by atoms with Crippen LogP contribution in [-0.4, -0.2) is 40.3 Å². The van der Waals surface area contributed by atoms with Gasteiger partial charge in [-0.05, 0) is 53.7 Å². The lowest BCUT2D eigenvalue weighted by molar-refractivity contribution is 0.0937. The van der Waals surface area contributed by atoms with E-state index in [1.165, 1.54) is 7.11 Å². The van der Waals surface area contributed by atoms with Gasteiger partial charge in [0.05, 0.1) is 25.9 Å². The number of halogens is 1. The number of nitrogens with one attached hydrogen (secondary N) is 1. The summed E-state index contributed by atoms with van der Waals surface area (Å²) in [6, 6.07) is 12.1. The van der Waals surface area contributed by atoms with Crippen molar-refractivity contribution in [2.45, 2.75) is 13.0 Å². The second-order valence-corrected chi connectivity index (χ2v) is 6.61. The number of tetrazole rings is 1. The van der Waals surface area contributed by atoms with Crippen molar-refractivity contribution in [3.63, 3.8) is 0 Å². The standard InChI is InChI=1S/C18H18BrN5O3/c1-11(17-21-22-23-24(17)14-6-4-5-13(19)10-14)20-18(25)12-7-8-15(26-2)16(9-12)27-3/h4-11H,1-3H3,(H,20,25). The highest BCUT2D eigenvalue weighted by Gasteiger charge is 2.19. The van der Waals surface area contributed by atoms with Crippen LogP contribution in [-0.2, 0) is 0 Å². The first-order valence-electron chi connectivity index (χ1n) is 8.10. The Morgan fingerprint density at radius 3 is 2.63 bits per heavy atom. The third-order valence-corrected chi connectivity index (χ3v) is 4.42. The largest absolute Gasteiger partial charge is 0.493 e. The predicted molar refractivity (Wildman–Crippen MR) is 102 cm³/mol. The first kappa shape index (κ1) is 18.8. The Labute approximate surface area is 164 Å². The Hall–Kier alpha value is -2.94. The van der Waals surface area contributed by atoms with Crippen molar-refractivity contribution >= 4 is 21.8 Å². The molecule has 1 aromatic heterocycles. The van der Waals surface area contributed by atoms with Gasteiger partial charge in [0.25, 0.3) is 5.91 Å². The normalized spacial score (nSPS) is 11.7. The Kier molecular flexibility index (Phi) is 5.70. The molecule has 3 aromatic rings. The predicted octanol–water partition coefficient (Wildman–Crippen LogP) is 2.93. The fourth-order valence-corrected chi connectivity index (χ4v) is 2.96. The highest BCUT2D eigenvalue weighted by Crippen LogP contribution is 2.27. The van der Waals surface area contributed by atoms with Gasteiger partial charge in [0.15, 0.2) is 17.3 Å². The quantitative estimate of drug-likeness (QED) is 0.644. The molecule has 27 heavy (non-hydrogen) atoms. The SMILES string of the molecule is COc1ccc(C(=O)NC(C)c2nnnn2-c2cccc(Br)c2)cc1OC. The van der Waals surface area contributed by atoms with Gasteiger partial charge in [-0.15, -0.1) is 5.10 Å². The minimum atomic E-state index is -0.417. The van der Waals surface area contributed by atoms with Gasteiger partial charge in [0, 0.05) is 10.0 Å². The number of methoxy groups -OCH3 is 2. The number of amides is 1. The molecule has 1 atom stereocenters. The highest BCUT2D eigenvalue weighted by molar-refractivity contribution is 9.10. The van der Waals surface area contributed by atoms with Gasteiger partial charge in [-0.3, -0.25) is 4.79 Å². The van der Waals surface area contributed by atoms with E-state index in [1.807, 2.05) is 31.2 Å². The van der Waals surface area contributed by atoms with Crippen molar-refractivity contribution in [2.24, 2.45) is 0 Å². The molecule has 0 radical (unpaired) electrons. The molecule has 1 amide bonds. The summed E-state index contributed by atoms with van der Waals surface area (Å²) >= 11 is 3.43. The van der Waals surface area contributed by atoms with Crippen LogP contribution >= 0.6 is 15.9 Å². The molecule has 140 valence electrons.